The third kappa shape index (κ3) is 5.68. The molecule has 1 unspecified atom stereocenters. The lowest BCUT2D eigenvalue weighted by molar-refractivity contribution is -0.177. The lowest BCUT2D eigenvalue weighted by atomic mass is 9.98. The fourth-order valence-corrected chi connectivity index (χ4v) is 1.86. The first-order valence-corrected chi connectivity index (χ1v) is 5.84. The fraction of sp³-hybridized carbons (Fsp3) is 0.909. The highest BCUT2D eigenvalue weighted by molar-refractivity contribution is 5.77. The number of halogens is 3. The van der Waals surface area contributed by atoms with Gasteiger partial charge in [-0.15, -0.1) is 0 Å². The van der Waals surface area contributed by atoms with E-state index in [1.165, 1.54) is 4.90 Å². The summed E-state index contributed by atoms with van der Waals surface area (Å²) in [6.45, 7) is 0.513. The predicted molar refractivity (Wildman–Crippen MR) is 57.9 cm³/mol. The monoisotopic (exact) mass is 269 g/mol. The van der Waals surface area contributed by atoms with Crippen LogP contribution in [-0.4, -0.2) is 54.0 Å². The Morgan fingerprint density at radius 3 is 2.67 bits per heavy atom. The molecule has 1 atom stereocenters. The van der Waals surface area contributed by atoms with Crippen molar-refractivity contribution in [3.63, 3.8) is 0 Å². The van der Waals surface area contributed by atoms with Crippen LogP contribution in [0, 0.1) is 0 Å². The van der Waals surface area contributed by atoms with E-state index in [9.17, 15) is 23.1 Å². The molecule has 1 amide bonds. The van der Waals surface area contributed by atoms with Crippen LogP contribution >= 0.6 is 0 Å². The third-order valence-corrected chi connectivity index (χ3v) is 2.91. The number of amides is 1. The number of aliphatic hydroxyl groups is 1. The van der Waals surface area contributed by atoms with E-state index in [0.717, 1.165) is 0 Å². The van der Waals surface area contributed by atoms with Crippen LogP contribution in [-0.2, 0) is 9.53 Å². The predicted octanol–water partition coefficient (Wildman–Crippen LogP) is 1.33. The van der Waals surface area contributed by atoms with Gasteiger partial charge in [-0.25, -0.2) is 0 Å². The van der Waals surface area contributed by atoms with Crippen molar-refractivity contribution >= 4 is 5.91 Å². The number of ether oxygens (including phenoxy) is 1. The Hall–Kier alpha value is -0.820. The molecule has 0 aromatic rings. The first-order chi connectivity index (χ1) is 8.20. The molecule has 0 spiro atoms. The van der Waals surface area contributed by atoms with Gasteiger partial charge in [0.25, 0.3) is 0 Å². The second-order valence-corrected chi connectivity index (χ2v) is 4.84. The Morgan fingerprint density at radius 1 is 1.39 bits per heavy atom. The van der Waals surface area contributed by atoms with Crippen LogP contribution in [0.1, 0.15) is 26.2 Å². The summed E-state index contributed by atoms with van der Waals surface area (Å²) in [7, 11) is 0. The van der Waals surface area contributed by atoms with Gasteiger partial charge in [-0.05, 0) is 26.2 Å². The lowest BCUT2D eigenvalue weighted by Gasteiger charge is -2.22. The highest BCUT2D eigenvalue weighted by atomic mass is 19.4. The van der Waals surface area contributed by atoms with Gasteiger partial charge in [0, 0.05) is 13.1 Å². The molecule has 7 heteroatoms. The van der Waals surface area contributed by atoms with Crippen LogP contribution in [0.3, 0.4) is 0 Å². The molecule has 1 aliphatic rings. The first kappa shape index (κ1) is 15.2. The van der Waals surface area contributed by atoms with Gasteiger partial charge in [0.1, 0.15) is 13.2 Å². The number of nitrogens with zero attached hydrogens (tertiary/aromatic N) is 1. The highest BCUT2D eigenvalue weighted by Crippen LogP contribution is 2.21. The molecule has 1 fully saturated rings. The quantitative estimate of drug-likeness (QED) is 0.841. The van der Waals surface area contributed by atoms with Crippen molar-refractivity contribution in [1.29, 1.82) is 0 Å². The van der Waals surface area contributed by atoms with Crippen molar-refractivity contribution in [3.05, 3.63) is 0 Å². The average Bonchev–Trinajstić information content (AvgIpc) is 2.37. The van der Waals surface area contributed by atoms with Crippen LogP contribution in [0.2, 0.25) is 0 Å². The van der Waals surface area contributed by atoms with Gasteiger partial charge in [-0.2, -0.15) is 13.2 Å². The molecule has 1 rings (SSSR count). The van der Waals surface area contributed by atoms with Crippen molar-refractivity contribution in [1.82, 2.24) is 4.90 Å². The number of carbonyl (C=O) groups excluding carboxylic acids is 1. The maximum Gasteiger partial charge on any atom is 0.411 e. The number of alkyl halides is 3. The Morgan fingerprint density at radius 2 is 2.06 bits per heavy atom. The van der Waals surface area contributed by atoms with Gasteiger partial charge in [-0.1, -0.05) is 0 Å². The van der Waals surface area contributed by atoms with Crippen LogP contribution in [0.4, 0.5) is 13.2 Å². The molecule has 0 radical (unpaired) electrons. The lowest BCUT2D eigenvalue weighted by Crippen LogP contribution is -2.36. The van der Waals surface area contributed by atoms with E-state index in [2.05, 4.69) is 4.74 Å². The van der Waals surface area contributed by atoms with Crippen LogP contribution in [0.15, 0.2) is 0 Å². The summed E-state index contributed by atoms with van der Waals surface area (Å²) in [6, 6.07) is 0. The van der Waals surface area contributed by atoms with Crippen LogP contribution in [0.25, 0.3) is 0 Å². The molecule has 0 saturated carbocycles. The molecule has 1 N–H and O–H groups in total. The molecule has 0 aromatic heterocycles. The van der Waals surface area contributed by atoms with E-state index in [-0.39, 0.29) is 0 Å². The molecule has 1 saturated heterocycles. The maximum atomic E-state index is 11.8. The van der Waals surface area contributed by atoms with Crippen molar-refractivity contribution in [2.24, 2.45) is 0 Å². The van der Waals surface area contributed by atoms with Gasteiger partial charge in [0.2, 0.25) is 5.91 Å². The molecular weight excluding hydrogens is 251 g/mol. The minimum Gasteiger partial charge on any atom is -0.390 e. The topological polar surface area (TPSA) is 49.8 Å². The number of hydrogen-bond acceptors (Lipinski definition) is 3. The number of carbonyl (C=O) groups is 1. The Bertz CT molecular complexity index is 292. The molecule has 18 heavy (non-hydrogen) atoms. The second kappa shape index (κ2) is 5.88. The molecule has 1 heterocycles. The molecule has 4 nitrogen and oxygen atoms in total. The van der Waals surface area contributed by atoms with E-state index in [4.69, 9.17) is 0 Å². The smallest absolute Gasteiger partial charge is 0.390 e. The van der Waals surface area contributed by atoms with Crippen molar-refractivity contribution in [2.45, 2.75) is 38.0 Å². The zero-order chi connectivity index (χ0) is 13.8. The maximum absolute atomic E-state index is 11.8. The molecule has 0 aliphatic carbocycles. The summed E-state index contributed by atoms with van der Waals surface area (Å²) in [5.74, 6) is -0.461. The summed E-state index contributed by atoms with van der Waals surface area (Å²) in [4.78, 5) is 13.0. The molecule has 1 aliphatic heterocycles. The highest BCUT2D eigenvalue weighted by Gasteiger charge is 2.30. The van der Waals surface area contributed by atoms with E-state index in [0.29, 0.717) is 32.4 Å². The summed E-state index contributed by atoms with van der Waals surface area (Å²) in [5, 5.41) is 9.82. The largest absolute Gasteiger partial charge is 0.411 e. The third-order valence-electron chi connectivity index (χ3n) is 2.91. The standard InChI is InChI=1S/C11H18F3NO3/c1-10(17)3-2-5-15(6-4-10)9(16)7-18-8-11(12,13)14/h17H,2-8H2,1H3. The summed E-state index contributed by atoms with van der Waals surface area (Å²) < 4.78 is 39.8. The molecule has 0 aromatic carbocycles. The van der Waals surface area contributed by atoms with E-state index >= 15 is 0 Å². The SMILES string of the molecule is CC1(O)CCCN(C(=O)COCC(F)(F)F)CC1. The Labute approximate surface area is 104 Å². The molecular formula is C11H18F3NO3. The second-order valence-electron chi connectivity index (χ2n) is 4.84. The van der Waals surface area contributed by atoms with Crippen LogP contribution in [0.5, 0.6) is 0 Å². The van der Waals surface area contributed by atoms with Crippen molar-refractivity contribution < 1.29 is 27.8 Å². The minimum atomic E-state index is -4.41. The van der Waals surface area contributed by atoms with Gasteiger partial charge in [-0.3, -0.25) is 4.79 Å². The summed E-state index contributed by atoms with van der Waals surface area (Å²) in [6.07, 6.45) is -2.76. The fourth-order valence-electron chi connectivity index (χ4n) is 1.86. The van der Waals surface area contributed by atoms with Gasteiger partial charge < -0.3 is 14.7 Å². The van der Waals surface area contributed by atoms with E-state index in [1.807, 2.05) is 0 Å². The van der Waals surface area contributed by atoms with Gasteiger partial charge in [0.15, 0.2) is 0 Å². The minimum absolute atomic E-state index is 0.348. The van der Waals surface area contributed by atoms with Crippen LogP contribution < -0.4 is 0 Å². The average molecular weight is 269 g/mol. The van der Waals surface area contributed by atoms with Crippen molar-refractivity contribution in [2.75, 3.05) is 26.3 Å². The summed E-state index contributed by atoms with van der Waals surface area (Å²) >= 11 is 0. The number of hydrogen-bond donors (Lipinski definition) is 1. The van der Waals surface area contributed by atoms with Gasteiger partial charge >= 0.3 is 6.18 Å². The number of likely N-dealkylation sites (tertiary alicyclic amines) is 1. The zero-order valence-electron chi connectivity index (χ0n) is 10.3. The molecule has 106 valence electrons. The Kier molecular flexibility index (Phi) is 4.98. The Balaban J connectivity index is 2.34. The number of rotatable bonds is 3. The normalized spacial score (nSPS) is 25.9. The first-order valence-electron chi connectivity index (χ1n) is 5.84. The molecule has 0 bridgehead atoms. The van der Waals surface area contributed by atoms with Crippen molar-refractivity contribution in [3.8, 4) is 0 Å². The summed E-state index contributed by atoms with van der Waals surface area (Å²) in [5.41, 5.74) is -0.804. The van der Waals surface area contributed by atoms with Gasteiger partial charge in [0.05, 0.1) is 5.60 Å². The van der Waals surface area contributed by atoms with E-state index < -0.39 is 30.9 Å². The zero-order valence-corrected chi connectivity index (χ0v) is 10.3. The van der Waals surface area contributed by atoms with E-state index in [1.54, 1.807) is 6.92 Å².